The molecule has 0 amide bonds. The Morgan fingerprint density at radius 1 is 1.15 bits per heavy atom. The predicted molar refractivity (Wildman–Crippen MR) is 107 cm³/mol. The van der Waals surface area contributed by atoms with E-state index in [0.29, 0.717) is 18.1 Å². The van der Waals surface area contributed by atoms with Gasteiger partial charge >= 0.3 is 5.97 Å². The Morgan fingerprint density at radius 2 is 1.81 bits per heavy atom. The zero-order valence-corrected chi connectivity index (χ0v) is 15.7. The number of benzene rings is 2. The summed E-state index contributed by atoms with van der Waals surface area (Å²) in [7, 11) is 0. The third-order valence-corrected chi connectivity index (χ3v) is 4.34. The second-order valence-corrected chi connectivity index (χ2v) is 7.39. The summed E-state index contributed by atoms with van der Waals surface area (Å²) in [6.07, 6.45) is 0. The first-order chi connectivity index (χ1) is 12.8. The van der Waals surface area contributed by atoms with Crippen molar-refractivity contribution in [1.29, 1.82) is 0 Å². The molecular weight excluding hydrogens is 340 g/mol. The zero-order chi connectivity index (χ0) is 19.6. The predicted octanol–water partition coefficient (Wildman–Crippen LogP) is 4.07. The smallest absolute Gasteiger partial charge is 0.337 e. The van der Waals surface area contributed by atoms with Crippen molar-refractivity contribution in [3.63, 3.8) is 0 Å². The van der Waals surface area contributed by atoms with Crippen LogP contribution in [0.15, 0.2) is 54.6 Å². The lowest BCUT2D eigenvalue weighted by atomic mass is 9.92. The Kier molecular flexibility index (Phi) is 5.01. The average Bonchev–Trinajstić information content (AvgIpc) is 3.06. The summed E-state index contributed by atoms with van der Waals surface area (Å²) < 4.78 is 1.79. The van der Waals surface area contributed by atoms with Gasteiger partial charge in [-0.25, -0.2) is 9.48 Å². The van der Waals surface area contributed by atoms with Crippen molar-refractivity contribution in [3.8, 4) is 5.69 Å². The van der Waals surface area contributed by atoms with E-state index in [9.17, 15) is 9.90 Å². The second-order valence-electron chi connectivity index (χ2n) is 7.39. The van der Waals surface area contributed by atoms with Crippen molar-refractivity contribution >= 4 is 17.5 Å². The normalized spacial score (nSPS) is 11.4. The highest BCUT2D eigenvalue weighted by atomic mass is 16.4. The molecule has 4 N–H and O–H groups in total. The van der Waals surface area contributed by atoms with Gasteiger partial charge in [-0.2, -0.15) is 5.10 Å². The van der Waals surface area contributed by atoms with Gasteiger partial charge in [0.05, 0.1) is 22.6 Å². The molecule has 0 fully saturated rings. The molecule has 0 aliphatic rings. The molecule has 6 heteroatoms. The molecule has 2 aromatic carbocycles. The number of carbonyl (C=O) groups is 1. The molecule has 0 radical (unpaired) electrons. The molecule has 0 spiro atoms. The number of nitrogens with zero attached hydrogens (tertiary/aromatic N) is 2. The number of nitrogens with two attached hydrogens (primary N) is 1. The molecule has 0 unspecified atom stereocenters. The maximum Gasteiger partial charge on any atom is 0.337 e. The fourth-order valence-corrected chi connectivity index (χ4v) is 2.83. The lowest BCUT2D eigenvalue weighted by Crippen LogP contribution is -2.13. The highest BCUT2D eigenvalue weighted by Crippen LogP contribution is 2.30. The van der Waals surface area contributed by atoms with Crippen molar-refractivity contribution < 1.29 is 9.90 Å². The molecule has 1 heterocycles. The molecule has 0 atom stereocenters. The van der Waals surface area contributed by atoms with E-state index in [1.54, 1.807) is 28.9 Å². The molecule has 3 rings (SSSR count). The number of anilines is 2. The van der Waals surface area contributed by atoms with Gasteiger partial charge in [0.2, 0.25) is 0 Å². The van der Waals surface area contributed by atoms with Crippen molar-refractivity contribution in [1.82, 2.24) is 9.78 Å². The van der Waals surface area contributed by atoms with Crippen LogP contribution in [0.1, 0.15) is 42.4 Å². The third-order valence-electron chi connectivity index (χ3n) is 4.34. The number of aromatic carboxylic acids is 1. The van der Waals surface area contributed by atoms with E-state index in [0.717, 1.165) is 16.9 Å². The molecule has 0 aliphatic carbocycles. The highest BCUT2D eigenvalue weighted by Gasteiger charge is 2.22. The second kappa shape index (κ2) is 7.25. The van der Waals surface area contributed by atoms with Gasteiger partial charge in [-0.1, -0.05) is 51.1 Å². The number of carboxylic acid groups (broad SMARTS) is 1. The van der Waals surface area contributed by atoms with E-state index in [2.05, 4.69) is 26.1 Å². The SMILES string of the molecule is CC(C)(C)c1cc(Nc2ccccc2C(=O)O)n(-c2ccccc2CN)n1. The van der Waals surface area contributed by atoms with Gasteiger partial charge in [-0.3, -0.25) is 0 Å². The number of rotatable bonds is 5. The molecule has 140 valence electrons. The Morgan fingerprint density at radius 3 is 2.48 bits per heavy atom. The lowest BCUT2D eigenvalue weighted by Gasteiger charge is -2.15. The van der Waals surface area contributed by atoms with Gasteiger partial charge in [-0.15, -0.1) is 0 Å². The first-order valence-electron chi connectivity index (χ1n) is 8.79. The summed E-state index contributed by atoms with van der Waals surface area (Å²) in [5.74, 6) is -0.294. The van der Waals surface area contributed by atoms with Crippen LogP contribution in [0.5, 0.6) is 0 Å². The van der Waals surface area contributed by atoms with Crippen LogP contribution in [0.3, 0.4) is 0 Å². The largest absolute Gasteiger partial charge is 0.478 e. The Bertz CT molecular complexity index is 970. The zero-order valence-electron chi connectivity index (χ0n) is 15.7. The number of para-hydroxylation sites is 2. The minimum atomic E-state index is -0.984. The lowest BCUT2D eigenvalue weighted by molar-refractivity contribution is 0.0698. The van der Waals surface area contributed by atoms with Gasteiger partial charge in [0.1, 0.15) is 5.82 Å². The number of carboxylic acids is 1. The molecule has 0 saturated carbocycles. The minimum absolute atomic E-state index is 0.161. The molecule has 3 aromatic rings. The van der Waals surface area contributed by atoms with Crippen molar-refractivity contribution in [3.05, 3.63) is 71.4 Å². The fourth-order valence-electron chi connectivity index (χ4n) is 2.83. The van der Waals surface area contributed by atoms with E-state index in [1.165, 1.54) is 0 Å². The van der Waals surface area contributed by atoms with Crippen LogP contribution in [-0.4, -0.2) is 20.9 Å². The summed E-state index contributed by atoms with van der Waals surface area (Å²) >= 11 is 0. The van der Waals surface area contributed by atoms with Crippen LogP contribution in [0.4, 0.5) is 11.5 Å². The molecular formula is C21H24N4O2. The van der Waals surface area contributed by atoms with E-state index in [-0.39, 0.29) is 11.0 Å². The van der Waals surface area contributed by atoms with Crippen molar-refractivity contribution in [2.75, 3.05) is 5.32 Å². The van der Waals surface area contributed by atoms with E-state index in [4.69, 9.17) is 10.8 Å². The molecule has 0 saturated heterocycles. The van der Waals surface area contributed by atoms with Crippen molar-refractivity contribution in [2.45, 2.75) is 32.7 Å². The minimum Gasteiger partial charge on any atom is -0.478 e. The first-order valence-corrected chi connectivity index (χ1v) is 8.79. The number of hydrogen-bond acceptors (Lipinski definition) is 4. The van der Waals surface area contributed by atoms with E-state index < -0.39 is 5.97 Å². The van der Waals surface area contributed by atoms with Crippen LogP contribution >= 0.6 is 0 Å². The average molecular weight is 364 g/mol. The fraction of sp³-hybridized carbons (Fsp3) is 0.238. The van der Waals surface area contributed by atoms with Crippen LogP contribution in [0, 0.1) is 0 Å². The molecule has 6 nitrogen and oxygen atoms in total. The van der Waals surface area contributed by atoms with Gasteiger partial charge < -0.3 is 16.2 Å². The molecule has 27 heavy (non-hydrogen) atoms. The molecule has 0 bridgehead atoms. The number of hydrogen-bond donors (Lipinski definition) is 3. The van der Waals surface area contributed by atoms with Crippen LogP contribution in [0.2, 0.25) is 0 Å². The van der Waals surface area contributed by atoms with Crippen LogP contribution in [-0.2, 0) is 12.0 Å². The summed E-state index contributed by atoms with van der Waals surface area (Å²) in [5, 5.41) is 17.5. The molecule has 1 aromatic heterocycles. The van der Waals surface area contributed by atoms with Gasteiger partial charge in [0.15, 0.2) is 0 Å². The molecule has 0 aliphatic heterocycles. The Balaban J connectivity index is 2.15. The highest BCUT2D eigenvalue weighted by molar-refractivity contribution is 5.95. The monoisotopic (exact) mass is 364 g/mol. The standard InChI is InChI=1S/C21H24N4O2/c1-21(2,3)18-12-19(23-16-10-6-5-9-15(16)20(26)27)25(24-18)17-11-7-4-8-14(17)13-22/h4-12,23H,13,22H2,1-3H3,(H,26,27). The maximum absolute atomic E-state index is 11.6. The summed E-state index contributed by atoms with van der Waals surface area (Å²) in [6, 6.07) is 16.6. The third kappa shape index (κ3) is 3.85. The van der Waals surface area contributed by atoms with E-state index >= 15 is 0 Å². The van der Waals surface area contributed by atoms with Gasteiger partial charge in [0.25, 0.3) is 0 Å². The summed E-state index contributed by atoms with van der Waals surface area (Å²) in [5.41, 5.74) is 9.18. The summed E-state index contributed by atoms with van der Waals surface area (Å²) in [4.78, 5) is 11.6. The summed E-state index contributed by atoms with van der Waals surface area (Å²) in [6.45, 7) is 6.64. The van der Waals surface area contributed by atoms with Gasteiger partial charge in [0, 0.05) is 18.0 Å². The first kappa shape index (κ1) is 18.7. The Hall–Kier alpha value is -3.12. The number of nitrogens with one attached hydrogen (secondary N) is 1. The number of aromatic nitrogens is 2. The topological polar surface area (TPSA) is 93.2 Å². The van der Waals surface area contributed by atoms with Crippen LogP contribution < -0.4 is 11.1 Å². The maximum atomic E-state index is 11.6. The van der Waals surface area contributed by atoms with Gasteiger partial charge in [-0.05, 0) is 23.8 Å². The quantitative estimate of drug-likeness (QED) is 0.634. The van der Waals surface area contributed by atoms with E-state index in [1.807, 2.05) is 30.3 Å². The van der Waals surface area contributed by atoms with Crippen LogP contribution in [0.25, 0.3) is 5.69 Å². The van der Waals surface area contributed by atoms with Crippen molar-refractivity contribution in [2.24, 2.45) is 5.73 Å². The Labute approximate surface area is 158 Å².